The van der Waals surface area contributed by atoms with Crippen LogP contribution in [0.1, 0.15) is 25.3 Å². The third kappa shape index (κ3) is 3.40. The number of oxime groups is 1. The lowest BCUT2D eigenvalue weighted by Gasteiger charge is -2.30. The van der Waals surface area contributed by atoms with E-state index in [1.165, 1.54) is 0 Å². The molecule has 20 heavy (non-hydrogen) atoms. The van der Waals surface area contributed by atoms with E-state index in [2.05, 4.69) is 17.4 Å². The second-order valence-electron chi connectivity index (χ2n) is 5.16. The minimum absolute atomic E-state index is 0.0490. The number of carbonyl (C=O) groups excluding carboxylic acids is 1. The van der Waals surface area contributed by atoms with Crippen molar-refractivity contribution in [2.75, 3.05) is 18.4 Å². The predicted molar refractivity (Wildman–Crippen MR) is 77.9 cm³/mol. The molecule has 4 N–H and O–H groups in total. The molecule has 1 fully saturated rings. The lowest BCUT2D eigenvalue weighted by atomic mass is 10.00. The van der Waals surface area contributed by atoms with Crippen molar-refractivity contribution in [2.24, 2.45) is 16.8 Å². The Bertz CT molecular complexity index is 490. The van der Waals surface area contributed by atoms with E-state index in [9.17, 15) is 4.79 Å². The van der Waals surface area contributed by atoms with Crippen molar-refractivity contribution in [1.29, 1.82) is 0 Å². The zero-order valence-corrected chi connectivity index (χ0v) is 11.5. The van der Waals surface area contributed by atoms with Crippen LogP contribution in [-0.4, -0.2) is 35.1 Å². The number of anilines is 1. The van der Waals surface area contributed by atoms with Gasteiger partial charge in [0, 0.05) is 24.3 Å². The van der Waals surface area contributed by atoms with Crippen LogP contribution in [0.4, 0.5) is 10.5 Å². The number of hydrogen-bond donors (Lipinski definition) is 3. The fraction of sp³-hybridized carbons (Fsp3) is 0.429. The van der Waals surface area contributed by atoms with Crippen LogP contribution in [0.5, 0.6) is 0 Å². The second kappa shape index (κ2) is 6.27. The Morgan fingerprint density at radius 2 is 1.95 bits per heavy atom. The number of amides is 2. The molecule has 1 heterocycles. The van der Waals surface area contributed by atoms with Crippen molar-refractivity contribution in [3.63, 3.8) is 0 Å². The number of hydrogen-bond acceptors (Lipinski definition) is 3. The lowest BCUT2D eigenvalue weighted by molar-refractivity contribution is 0.186. The van der Waals surface area contributed by atoms with E-state index >= 15 is 0 Å². The molecule has 6 heteroatoms. The Hall–Kier alpha value is -2.24. The minimum Gasteiger partial charge on any atom is -0.409 e. The van der Waals surface area contributed by atoms with Gasteiger partial charge < -0.3 is 21.2 Å². The quantitative estimate of drug-likeness (QED) is 0.334. The minimum atomic E-state index is -0.0755. The molecule has 0 radical (unpaired) electrons. The number of likely N-dealkylation sites (tertiary alicyclic amines) is 1. The molecule has 0 saturated carbocycles. The van der Waals surface area contributed by atoms with Gasteiger partial charge in [-0.15, -0.1) is 0 Å². The Labute approximate surface area is 118 Å². The number of benzene rings is 1. The molecule has 108 valence electrons. The summed E-state index contributed by atoms with van der Waals surface area (Å²) in [4.78, 5) is 13.9. The maximum absolute atomic E-state index is 12.1. The predicted octanol–water partition coefficient (Wildman–Crippen LogP) is 2.04. The first-order valence-electron chi connectivity index (χ1n) is 6.74. The Balaban J connectivity index is 1.94. The van der Waals surface area contributed by atoms with Crippen LogP contribution in [-0.2, 0) is 0 Å². The molecule has 1 aliphatic heterocycles. The highest BCUT2D eigenvalue weighted by Gasteiger charge is 2.20. The highest BCUT2D eigenvalue weighted by atomic mass is 16.4. The molecule has 0 spiro atoms. The summed E-state index contributed by atoms with van der Waals surface area (Å²) >= 11 is 0. The normalized spacial score (nSPS) is 17.1. The van der Waals surface area contributed by atoms with Crippen LogP contribution in [0, 0.1) is 5.92 Å². The van der Waals surface area contributed by atoms with Gasteiger partial charge in [0.15, 0.2) is 5.84 Å². The fourth-order valence-electron chi connectivity index (χ4n) is 2.20. The fourth-order valence-corrected chi connectivity index (χ4v) is 2.20. The summed E-state index contributed by atoms with van der Waals surface area (Å²) < 4.78 is 0. The van der Waals surface area contributed by atoms with Gasteiger partial charge in [-0.2, -0.15) is 0 Å². The Kier molecular flexibility index (Phi) is 4.45. The van der Waals surface area contributed by atoms with Gasteiger partial charge in [-0.1, -0.05) is 12.1 Å². The smallest absolute Gasteiger partial charge is 0.321 e. The van der Waals surface area contributed by atoms with Gasteiger partial charge in [0.25, 0.3) is 0 Å². The standard InChI is InChI=1S/C14H20N4O2/c1-10-6-8-18(9-7-10)14(19)16-12-4-2-11(3-5-12)13(15)17-20/h2-5,10,20H,6-9H2,1H3,(H2,15,17)(H,16,19). The highest BCUT2D eigenvalue weighted by Crippen LogP contribution is 2.17. The molecule has 6 nitrogen and oxygen atoms in total. The summed E-state index contributed by atoms with van der Waals surface area (Å²) in [6.07, 6.45) is 2.10. The van der Waals surface area contributed by atoms with Crippen LogP contribution in [0.25, 0.3) is 0 Å². The molecule has 0 atom stereocenters. The third-order valence-electron chi connectivity index (χ3n) is 3.61. The average molecular weight is 276 g/mol. The Morgan fingerprint density at radius 3 is 2.50 bits per heavy atom. The summed E-state index contributed by atoms with van der Waals surface area (Å²) in [5, 5.41) is 14.4. The lowest BCUT2D eigenvalue weighted by Crippen LogP contribution is -2.40. The van der Waals surface area contributed by atoms with Gasteiger partial charge in [-0.3, -0.25) is 0 Å². The molecule has 1 aromatic rings. The maximum Gasteiger partial charge on any atom is 0.321 e. The van der Waals surface area contributed by atoms with Crippen LogP contribution in [0.15, 0.2) is 29.4 Å². The molecule has 1 aromatic carbocycles. The number of piperidine rings is 1. The van der Waals surface area contributed by atoms with Gasteiger partial charge in [-0.05, 0) is 43.0 Å². The maximum atomic E-state index is 12.1. The molecule has 1 aliphatic rings. The molecule has 2 amide bonds. The SMILES string of the molecule is CC1CCN(C(=O)Nc2ccc(C(N)=NO)cc2)CC1. The zero-order valence-electron chi connectivity index (χ0n) is 11.5. The van der Waals surface area contributed by atoms with Crippen molar-refractivity contribution in [1.82, 2.24) is 4.90 Å². The molecule has 0 aliphatic carbocycles. The number of rotatable bonds is 2. The van der Waals surface area contributed by atoms with Crippen molar-refractivity contribution >= 4 is 17.6 Å². The van der Waals surface area contributed by atoms with Crippen LogP contribution in [0.2, 0.25) is 0 Å². The van der Waals surface area contributed by atoms with E-state index in [4.69, 9.17) is 10.9 Å². The summed E-state index contributed by atoms with van der Waals surface area (Å²) in [6, 6.07) is 6.79. The third-order valence-corrected chi connectivity index (χ3v) is 3.61. The molecule has 1 saturated heterocycles. The Morgan fingerprint density at radius 1 is 1.35 bits per heavy atom. The van der Waals surface area contributed by atoms with E-state index in [0.717, 1.165) is 25.9 Å². The molecular weight excluding hydrogens is 256 g/mol. The van der Waals surface area contributed by atoms with Crippen LogP contribution >= 0.6 is 0 Å². The number of nitrogens with one attached hydrogen (secondary N) is 1. The van der Waals surface area contributed by atoms with E-state index in [-0.39, 0.29) is 11.9 Å². The first-order valence-corrected chi connectivity index (χ1v) is 6.74. The topological polar surface area (TPSA) is 91.0 Å². The van der Waals surface area contributed by atoms with E-state index in [1.54, 1.807) is 24.3 Å². The number of amidine groups is 1. The number of nitrogens with zero attached hydrogens (tertiary/aromatic N) is 2. The van der Waals surface area contributed by atoms with Crippen molar-refractivity contribution in [3.05, 3.63) is 29.8 Å². The molecular formula is C14H20N4O2. The molecule has 0 aromatic heterocycles. The van der Waals surface area contributed by atoms with Crippen molar-refractivity contribution in [2.45, 2.75) is 19.8 Å². The van der Waals surface area contributed by atoms with E-state index in [0.29, 0.717) is 17.2 Å². The van der Waals surface area contributed by atoms with Gasteiger partial charge in [0.05, 0.1) is 0 Å². The summed E-state index contributed by atoms with van der Waals surface area (Å²) in [6.45, 7) is 3.81. The van der Waals surface area contributed by atoms with Crippen LogP contribution in [0.3, 0.4) is 0 Å². The number of carbonyl (C=O) groups is 1. The van der Waals surface area contributed by atoms with E-state index in [1.807, 2.05) is 4.90 Å². The van der Waals surface area contributed by atoms with Gasteiger partial charge in [0.1, 0.15) is 0 Å². The first kappa shape index (κ1) is 14.2. The number of nitrogens with two attached hydrogens (primary N) is 1. The summed E-state index contributed by atoms with van der Waals surface area (Å²) in [5.74, 6) is 0.743. The first-order chi connectivity index (χ1) is 9.60. The average Bonchev–Trinajstić information content (AvgIpc) is 2.48. The second-order valence-corrected chi connectivity index (χ2v) is 5.16. The van der Waals surface area contributed by atoms with Gasteiger partial charge >= 0.3 is 6.03 Å². The summed E-state index contributed by atoms with van der Waals surface area (Å²) in [7, 11) is 0. The largest absolute Gasteiger partial charge is 0.409 e. The highest BCUT2D eigenvalue weighted by molar-refractivity contribution is 5.97. The zero-order chi connectivity index (χ0) is 14.5. The molecule has 0 unspecified atom stereocenters. The molecule has 0 bridgehead atoms. The van der Waals surface area contributed by atoms with Gasteiger partial charge in [0.2, 0.25) is 0 Å². The van der Waals surface area contributed by atoms with E-state index < -0.39 is 0 Å². The van der Waals surface area contributed by atoms with Crippen LogP contribution < -0.4 is 11.1 Å². The monoisotopic (exact) mass is 276 g/mol. The van der Waals surface area contributed by atoms with Crippen molar-refractivity contribution in [3.8, 4) is 0 Å². The van der Waals surface area contributed by atoms with Crippen molar-refractivity contribution < 1.29 is 10.0 Å². The summed E-state index contributed by atoms with van der Waals surface area (Å²) in [5.41, 5.74) is 6.79. The van der Waals surface area contributed by atoms with Gasteiger partial charge in [-0.25, -0.2) is 4.79 Å². The number of urea groups is 1. The molecule has 2 rings (SSSR count).